The summed E-state index contributed by atoms with van der Waals surface area (Å²) in [6.07, 6.45) is 1.56. The second-order valence-electron chi connectivity index (χ2n) is 4.64. The molecule has 5 nitrogen and oxygen atoms in total. The first-order valence-electron chi connectivity index (χ1n) is 6.65. The molecule has 3 rings (SSSR count). The number of phenolic OH excluding ortho intramolecular Hbond substituents is 1. The third-order valence-corrected chi connectivity index (χ3v) is 4.18. The predicted molar refractivity (Wildman–Crippen MR) is 88.1 cm³/mol. The van der Waals surface area contributed by atoms with Crippen LogP contribution in [0.1, 0.15) is 16.4 Å². The minimum Gasteiger partial charge on any atom is -0.508 e. The largest absolute Gasteiger partial charge is 0.508 e. The van der Waals surface area contributed by atoms with E-state index in [-0.39, 0.29) is 16.9 Å². The molecular weight excluding hydrogens is 298 g/mol. The highest BCUT2D eigenvalue weighted by molar-refractivity contribution is 8.15. The number of rotatable bonds is 3. The summed E-state index contributed by atoms with van der Waals surface area (Å²) in [5, 5.41) is 20.1. The smallest absolute Gasteiger partial charge is 0.244 e. The lowest BCUT2D eigenvalue weighted by Crippen LogP contribution is -2.21. The molecule has 1 fully saturated rings. The lowest BCUT2D eigenvalue weighted by atomic mass is 10.1. The number of carbonyl (C=O) groups is 1. The van der Waals surface area contributed by atoms with E-state index in [4.69, 9.17) is 0 Å². The second-order valence-corrected chi connectivity index (χ2v) is 5.73. The van der Waals surface area contributed by atoms with Gasteiger partial charge in [-0.3, -0.25) is 4.79 Å². The quantitative estimate of drug-likeness (QED) is 0.676. The summed E-state index contributed by atoms with van der Waals surface area (Å²) in [5.41, 5.74) is 1.76. The van der Waals surface area contributed by atoms with Gasteiger partial charge in [0.2, 0.25) is 5.91 Å². The molecule has 110 valence electrons. The number of carbonyl (C=O) groups excluding carboxylic acids is 1. The van der Waals surface area contributed by atoms with Crippen molar-refractivity contribution in [2.24, 2.45) is 10.2 Å². The number of thioether (sulfide) groups is 1. The molecule has 0 radical (unpaired) electrons. The molecule has 0 spiro atoms. The van der Waals surface area contributed by atoms with Gasteiger partial charge in [0.25, 0.3) is 0 Å². The minimum absolute atomic E-state index is 0.0882. The molecule has 1 saturated heterocycles. The molecule has 2 N–H and O–H groups in total. The van der Waals surface area contributed by atoms with E-state index in [2.05, 4.69) is 15.5 Å². The lowest BCUT2D eigenvalue weighted by Gasteiger charge is -2.03. The standard InChI is InChI=1S/C16H13N3O2S/c20-13-8-6-11(7-9-13)10-17-19-16-18-15(21)14(22-16)12-4-2-1-3-5-12/h1-10,14,20H,(H,18,19,21)/b17-10+/t14-/m0/s1. The van der Waals surface area contributed by atoms with Gasteiger partial charge in [-0.2, -0.15) is 5.10 Å². The Morgan fingerprint density at radius 2 is 1.82 bits per heavy atom. The van der Waals surface area contributed by atoms with E-state index in [1.165, 1.54) is 11.8 Å². The van der Waals surface area contributed by atoms with Crippen molar-refractivity contribution in [2.45, 2.75) is 5.25 Å². The normalized spacial score (nSPS) is 19.7. The van der Waals surface area contributed by atoms with E-state index in [0.29, 0.717) is 5.17 Å². The topological polar surface area (TPSA) is 74.0 Å². The van der Waals surface area contributed by atoms with E-state index in [1.807, 2.05) is 30.3 Å². The Kier molecular flexibility index (Phi) is 4.20. The van der Waals surface area contributed by atoms with Crippen molar-refractivity contribution in [3.63, 3.8) is 0 Å². The summed E-state index contributed by atoms with van der Waals surface area (Å²) in [6, 6.07) is 16.2. The van der Waals surface area contributed by atoms with Crippen LogP contribution in [0.15, 0.2) is 64.8 Å². The Hall–Kier alpha value is -2.60. The van der Waals surface area contributed by atoms with Crippen LogP contribution in [0.25, 0.3) is 0 Å². The fourth-order valence-corrected chi connectivity index (χ4v) is 2.91. The summed E-state index contributed by atoms with van der Waals surface area (Å²) >= 11 is 1.35. The second kappa shape index (κ2) is 6.44. The van der Waals surface area contributed by atoms with E-state index < -0.39 is 0 Å². The number of amides is 1. The molecule has 1 aliphatic heterocycles. The summed E-state index contributed by atoms with van der Waals surface area (Å²) in [6.45, 7) is 0. The third kappa shape index (κ3) is 3.35. The maximum Gasteiger partial charge on any atom is 0.244 e. The van der Waals surface area contributed by atoms with Crippen LogP contribution < -0.4 is 5.32 Å². The van der Waals surface area contributed by atoms with Gasteiger partial charge in [0.15, 0.2) is 5.17 Å². The number of aromatic hydroxyl groups is 1. The maximum atomic E-state index is 12.0. The number of hydrogen-bond donors (Lipinski definition) is 2. The highest BCUT2D eigenvalue weighted by atomic mass is 32.2. The molecule has 0 aliphatic carbocycles. The van der Waals surface area contributed by atoms with Crippen molar-refractivity contribution in [2.75, 3.05) is 0 Å². The van der Waals surface area contributed by atoms with E-state index in [9.17, 15) is 9.90 Å². The van der Waals surface area contributed by atoms with E-state index >= 15 is 0 Å². The van der Waals surface area contributed by atoms with E-state index in [0.717, 1.165) is 11.1 Å². The summed E-state index contributed by atoms with van der Waals surface area (Å²) in [7, 11) is 0. The molecule has 0 aromatic heterocycles. The van der Waals surface area contributed by atoms with Gasteiger partial charge in [0.1, 0.15) is 11.0 Å². The van der Waals surface area contributed by atoms with Crippen LogP contribution in [0.2, 0.25) is 0 Å². The molecule has 0 bridgehead atoms. The monoisotopic (exact) mass is 311 g/mol. The molecule has 1 amide bonds. The van der Waals surface area contributed by atoms with Crippen molar-refractivity contribution < 1.29 is 9.90 Å². The Bertz CT molecular complexity index is 727. The maximum absolute atomic E-state index is 12.0. The van der Waals surface area contributed by atoms with Crippen LogP contribution in [0.5, 0.6) is 5.75 Å². The first-order valence-corrected chi connectivity index (χ1v) is 7.53. The number of hydrogen-bond acceptors (Lipinski definition) is 5. The number of nitrogens with zero attached hydrogens (tertiary/aromatic N) is 2. The molecular formula is C16H13N3O2S. The highest BCUT2D eigenvalue weighted by Crippen LogP contribution is 2.34. The molecule has 1 atom stereocenters. The van der Waals surface area contributed by atoms with Gasteiger partial charge in [-0.25, -0.2) is 0 Å². The first-order chi connectivity index (χ1) is 10.7. The zero-order chi connectivity index (χ0) is 15.4. The zero-order valence-electron chi connectivity index (χ0n) is 11.5. The van der Waals surface area contributed by atoms with Gasteiger partial charge in [-0.1, -0.05) is 42.1 Å². The van der Waals surface area contributed by atoms with Crippen molar-refractivity contribution >= 4 is 29.1 Å². The predicted octanol–water partition coefficient (Wildman–Crippen LogP) is 2.69. The molecule has 1 heterocycles. The summed E-state index contributed by atoms with van der Waals surface area (Å²) < 4.78 is 0. The Morgan fingerprint density at radius 1 is 1.09 bits per heavy atom. The average molecular weight is 311 g/mol. The summed E-state index contributed by atoms with van der Waals surface area (Å²) in [4.78, 5) is 12.0. The first kappa shape index (κ1) is 14.3. The molecule has 2 aromatic rings. The molecule has 0 saturated carbocycles. The number of benzene rings is 2. The molecule has 6 heteroatoms. The SMILES string of the molecule is O=C1N/C(=N\N=C\c2ccc(O)cc2)S[C@H]1c1ccccc1. The fourth-order valence-electron chi connectivity index (χ4n) is 1.97. The molecule has 0 unspecified atom stereocenters. The fraction of sp³-hybridized carbons (Fsp3) is 0.0625. The van der Waals surface area contributed by atoms with Crippen LogP contribution >= 0.6 is 11.8 Å². The van der Waals surface area contributed by atoms with Gasteiger partial charge in [0, 0.05) is 0 Å². The highest BCUT2D eigenvalue weighted by Gasteiger charge is 2.31. The van der Waals surface area contributed by atoms with Crippen LogP contribution in [-0.2, 0) is 4.79 Å². The van der Waals surface area contributed by atoms with Crippen LogP contribution in [-0.4, -0.2) is 22.4 Å². The average Bonchev–Trinajstić information content (AvgIpc) is 2.91. The van der Waals surface area contributed by atoms with Gasteiger partial charge < -0.3 is 10.4 Å². The van der Waals surface area contributed by atoms with Crippen LogP contribution in [0.4, 0.5) is 0 Å². The Balaban J connectivity index is 1.69. The number of phenols is 1. The van der Waals surface area contributed by atoms with Crippen LogP contribution in [0.3, 0.4) is 0 Å². The number of nitrogens with one attached hydrogen (secondary N) is 1. The van der Waals surface area contributed by atoms with Crippen molar-refractivity contribution in [3.8, 4) is 5.75 Å². The van der Waals surface area contributed by atoms with Gasteiger partial charge >= 0.3 is 0 Å². The van der Waals surface area contributed by atoms with E-state index in [1.54, 1.807) is 30.5 Å². The molecule has 2 aromatic carbocycles. The van der Waals surface area contributed by atoms with Gasteiger partial charge in [-0.15, -0.1) is 5.10 Å². The number of amidine groups is 1. The summed E-state index contributed by atoms with van der Waals surface area (Å²) in [5.74, 6) is 0.113. The minimum atomic E-state index is -0.288. The van der Waals surface area contributed by atoms with Gasteiger partial charge in [0.05, 0.1) is 6.21 Å². The van der Waals surface area contributed by atoms with Crippen LogP contribution in [0, 0.1) is 0 Å². The Labute approximate surface area is 131 Å². The Morgan fingerprint density at radius 3 is 2.55 bits per heavy atom. The van der Waals surface area contributed by atoms with Crippen molar-refractivity contribution in [3.05, 3.63) is 65.7 Å². The molecule has 22 heavy (non-hydrogen) atoms. The lowest BCUT2D eigenvalue weighted by molar-refractivity contribution is -0.118. The van der Waals surface area contributed by atoms with Crippen molar-refractivity contribution in [1.82, 2.24) is 5.32 Å². The molecule has 1 aliphatic rings. The van der Waals surface area contributed by atoms with Crippen molar-refractivity contribution in [1.29, 1.82) is 0 Å². The third-order valence-electron chi connectivity index (χ3n) is 3.05. The van der Waals surface area contributed by atoms with Gasteiger partial charge in [-0.05, 0) is 35.4 Å². The zero-order valence-corrected chi connectivity index (χ0v) is 12.3.